The van der Waals surface area contributed by atoms with Gasteiger partial charge in [-0.1, -0.05) is 155 Å². The molecular weight excluding hydrogens is 679 g/mol. The van der Waals surface area contributed by atoms with Crippen LogP contribution in [0.3, 0.4) is 0 Å². The predicted molar refractivity (Wildman–Crippen MR) is 234 cm³/mol. The molecule has 11 rings (SSSR count). The molecule has 268 valence electrons. The van der Waals surface area contributed by atoms with Gasteiger partial charge in [0.15, 0.2) is 0 Å². The van der Waals surface area contributed by atoms with Crippen LogP contribution in [-0.2, 0) is 10.8 Å². The number of benzene rings is 8. The molecule has 0 radical (unpaired) electrons. The van der Waals surface area contributed by atoms with E-state index in [0.717, 1.165) is 39.0 Å². The molecule has 1 heterocycles. The second kappa shape index (κ2) is 11.9. The number of fused-ring (bicyclic) bond motifs is 9. The zero-order valence-electron chi connectivity index (χ0n) is 32.1. The van der Waals surface area contributed by atoms with Crippen LogP contribution in [0.2, 0.25) is 0 Å². The Kier molecular flexibility index (Phi) is 6.98. The Balaban J connectivity index is 1.03. The Morgan fingerprint density at radius 3 is 1.68 bits per heavy atom. The summed E-state index contributed by atoms with van der Waals surface area (Å²) in [7, 11) is 0. The van der Waals surface area contributed by atoms with Crippen molar-refractivity contribution in [2.45, 2.75) is 38.5 Å². The fourth-order valence-electron chi connectivity index (χ4n) is 9.93. The third kappa shape index (κ3) is 4.69. The first-order chi connectivity index (χ1) is 27.3. The summed E-state index contributed by atoms with van der Waals surface area (Å²) in [6.45, 7) is 9.41. The van der Waals surface area contributed by atoms with E-state index < -0.39 is 0 Å². The lowest BCUT2D eigenvalue weighted by molar-refractivity contribution is 0.660. The van der Waals surface area contributed by atoms with Gasteiger partial charge in [-0.05, 0) is 115 Å². The van der Waals surface area contributed by atoms with Crippen molar-refractivity contribution >= 4 is 39.0 Å². The molecule has 0 spiro atoms. The Labute approximate surface area is 328 Å². The lowest BCUT2D eigenvalue weighted by atomic mass is 9.79. The van der Waals surface area contributed by atoms with Crippen LogP contribution >= 0.6 is 0 Å². The van der Waals surface area contributed by atoms with Gasteiger partial charge in [0.05, 0.1) is 11.1 Å². The lowest BCUT2D eigenvalue weighted by Crippen LogP contribution is -2.16. The first kappa shape index (κ1) is 32.8. The number of rotatable bonds is 5. The van der Waals surface area contributed by atoms with Crippen molar-refractivity contribution in [2.24, 2.45) is 0 Å². The summed E-state index contributed by atoms with van der Waals surface area (Å²) in [6, 6.07) is 64.5. The first-order valence-corrected chi connectivity index (χ1v) is 19.7. The predicted octanol–water partition coefficient (Wildman–Crippen LogP) is 15.0. The van der Waals surface area contributed by atoms with E-state index in [-0.39, 0.29) is 10.8 Å². The van der Waals surface area contributed by atoms with Crippen molar-refractivity contribution < 1.29 is 4.42 Å². The van der Waals surface area contributed by atoms with Crippen LogP contribution in [-0.4, -0.2) is 0 Å². The van der Waals surface area contributed by atoms with E-state index in [1.54, 1.807) is 0 Å². The third-order valence-electron chi connectivity index (χ3n) is 12.7. The molecule has 2 aliphatic carbocycles. The van der Waals surface area contributed by atoms with Crippen LogP contribution in [0.4, 0.5) is 17.1 Å². The average molecular weight is 720 g/mol. The van der Waals surface area contributed by atoms with E-state index in [9.17, 15) is 0 Å². The van der Waals surface area contributed by atoms with E-state index in [0.29, 0.717) is 0 Å². The Bertz CT molecular complexity index is 3010. The molecular formula is C54H41NO. The smallest absolute Gasteiger partial charge is 0.137 e. The molecule has 0 N–H and O–H groups in total. The van der Waals surface area contributed by atoms with Gasteiger partial charge in [0.1, 0.15) is 11.2 Å². The minimum Gasteiger partial charge on any atom is -0.456 e. The monoisotopic (exact) mass is 719 g/mol. The second-order valence-corrected chi connectivity index (χ2v) is 16.5. The first-order valence-electron chi connectivity index (χ1n) is 19.7. The SMILES string of the molecule is CC1(C)c2ccccc2-c2ccc(-c3ccc(N(c4ccc(-c5cccc6c5C(C)(C)c5ccccc5-6)cc4)c4cccc5oc6ccccc6c45)cc3)cc21. The van der Waals surface area contributed by atoms with Gasteiger partial charge in [-0.15, -0.1) is 0 Å². The number of hydrogen-bond donors (Lipinski definition) is 0. The molecule has 56 heavy (non-hydrogen) atoms. The third-order valence-corrected chi connectivity index (χ3v) is 12.7. The number of hydrogen-bond acceptors (Lipinski definition) is 2. The summed E-state index contributed by atoms with van der Waals surface area (Å²) in [5, 5.41) is 2.22. The Morgan fingerprint density at radius 2 is 0.929 bits per heavy atom. The van der Waals surface area contributed by atoms with Crippen molar-refractivity contribution in [1.82, 2.24) is 0 Å². The van der Waals surface area contributed by atoms with Gasteiger partial charge < -0.3 is 9.32 Å². The minimum absolute atomic E-state index is 0.0452. The highest BCUT2D eigenvalue weighted by molar-refractivity contribution is 6.13. The molecule has 0 atom stereocenters. The zero-order chi connectivity index (χ0) is 37.8. The van der Waals surface area contributed by atoms with Gasteiger partial charge >= 0.3 is 0 Å². The summed E-state index contributed by atoms with van der Waals surface area (Å²) < 4.78 is 6.41. The van der Waals surface area contributed by atoms with Crippen LogP contribution in [0.5, 0.6) is 0 Å². The number of furan rings is 1. The fourth-order valence-corrected chi connectivity index (χ4v) is 9.93. The molecule has 0 aliphatic heterocycles. The topological polar surface area (TPSA) is 16.4 Å². The molecule has 2 heteroatoms. The summed E-state index contributed by atoms with van der Waals surface area (Å²) >= 11 is 0. The van der Waals surface area contributed by atoms with Gasteiger partial charge in [-0.2, -0.15) is 0 Å². The van der Waals surface area contributed by atoms with Crippen molar-refractivity contribution in [3.8, 4) is 44.5 Å². The molecule has 1 aromatic heterocycles. The van der Waals surface area contributed by atoms with E-state index in [1.807, 2.05) is 6.07 Å². The molecule has 9 aromatic rings. The molecule has 8 aromatic carbocycles. The van der Waals surface area contributed by atoms with Crippen molar-refractivity contribution in [3.05, 3.63) is 198 Å². The van der Waals surface area contributed by atoms with Crippen LogP contribution in [0, 0.1) is 0 Å². The summed E-state index contributed by atoms with van der Waals surface area (Å²) in [6.07, 6.45) is 0. The molecule has 0 saturated heterocycles. The lowest BCUT2D eigenvalue weighted by Gasteiger charge is -2.27. The van der Waals surface area contributed by atoms with E-state index in [4.69, 9.17) is 4.42 Å². The molecule has 0 unspecified atom stereocenters. The molecule has 0 fully saturated rings. The van der Waals surface area contributed by atoms with Gasteiger partial charge in [0.25, 0.3) is 0 Å². The normalized spacial score (nSPS) is 14.4. The van der Waals surface area contributed by atoms with E-state index in [2.05, 4.69) is 202 Å². The van der Waals surface area contributed by atoms with Crippen molar-refractivity contribution in [2.75, 3.05) is 4.90 Å². The van der Waals surface area contributed by atoms with Crippen molar-refractivity contribution in [1.29, 1.82) is 0 Å². The number of nitrogens with zero attached hydrogens (tertiary/aromatic N) is 1. The summed E-state index contributed by atoms with van der Waals surface area (Å²) in [4.78, 5) is 2.38. The zero-order valence-corrected chi connectivity index (χ0v) is 32.1. The maximum absolute atomic E-state index is 6.41. The second-order valence-electron chi connectivity index (χ2n) is 16.5. The highest BCUT2D eigenvalue weighted by Gasteiger charge is 2.38. The minimum atomic E-state index is -0.0917. The van der Waals surface area contributed by atoms with Crippen LogP contribution in [0.1, 0.15) is 49.9 Å². The molecule has 2 nitrogen and oxygen atoms in total. The molecule has 0 saturated carbocycles. The maximum atomic E-state index is 6.41. The maximum Gasteiger partial charge on any atom is 0.137 e. The van der Waals surface area contributed by atoms with Gasteiger partial charge in [-0.25, -0.2) is 0 Å². The number of anilines is 3. The van der Waals surface area contributed by atoms with Gasteiger partial charge in [-0.3, -0.25) is 0 Å². The molecule has 0 amide bonds. The number of para-hydroxylation sites is 1. The van der Waals surface area contributed by atoms with Crippen LogP contribution in [0.25, 0.3) is 66.4 Å². The van der Waals surface area contributed by atoms with Gasteiger partial charge in [0.2, 0.25) is 0 Å². The Hall–Kier alpha value is -6.64. The molecule has 2 aliphatic rings. The Morgan fingerprint density at radius 1 is 0.393 bits per heavy atom. The quantitative estimate of drug-likeness (QED) is 0.176. The highest BCUT2D eigenvalue weighted by Crippen LogP contribution is 2.53. The summed E-state index contributed by atoms with van der Waals surface area (Å²) in [5.74, 6) is 0. The van der Waals surface area contributed by atoms with Gasteiger partial charge in [0, 0.05) is 27.6 Å². The highest BCUT2D eigenvalue weighted by atomic mass is 16.3. The standard InChI is InChI=1S/C54H41NO/c1-53(2)45-18-8-5-13-40(45)42-32-27-36(33-47(42)53)34-23-28-37(29-24-34)55(48-20-12-22-50-51(48)44-15-7-10-21-49(44)56-50)38-30-25-35(26-31-38)39-16-11-17-43-41-14-6-9-19-46(41)54(3,4)52(39)43/h5-33H,1-4H3. The van der Waals surface area contributed by atoms with Crippen LogP contribution < -0.4 is 4.90 Å². The van der Waals surface area contributed by atoms with E-state index in [1.165, 1.54) is 66.8 Å². The summed E-state index contributed by atoms with van der Waals surface area (Å²) in [5.41, 5.74) is 20.8. The largest absolute Gasteiger partial charge is 0.456 e. The molecule has 0 bridgehead atoms. The van der Waals surface area contributed by atoms with E-state index >= 15 is 0 Å². The average Bonchev–Trinajstić information content (AvgIpc) is 3.82. The van der Waals surface area contributed by atoms with Crippen LogP contribution in [0.15, 0.2) is 180 Å². The fraction of sp³-hybridized carbons (Fsp3) is 0.111. The van der Waals surface area contributed by atoms with Crippen molar-refractivity contribution in [3.63, 3.8) is 0 Å².